The molecule has 0 N–H and O–H groups in total. The van der Waals surface area contributed by atoms with Crippen LogP contribution < -0.4 is 5.46 Å². The van der Waals surface area contributed by atoms with Crippen LogP contribution in [0, 0.1) is 0 Å². The summed E-state index contributed by atoms with van der Waals surface area (Å²) in [5, 5.41) is 3.56. The fourth-order valence-electron chi connectivity index (χ4n) is 3.77. The Balaban J connectivity index is 1.54. The second-order valence-electron chi connectivity index (χ2n) is 8.80. The third kappa shape index (κ3) is 3.13. The maximum absolute atomic E-state index is 6.21. The quantitative estimate of drug-likeness (QED) is 0.439. The van der Waals surface area contributed by atoms with Crippen molar-refractivity contribution in [2.75, 3.05) is 0 Å². The molecule has 2 heterocycles. The summed E-state index contributed by atoms with van der Waals surface area (Å²) in [5.74, 6) is 0. The Morgan fingerprint density at radius 3 is 2.10 bits per heavy atom. The first kappa shape index (κ1) is 18.4. The van der Waals surface area contributed by atoms with Crippen molar-refractivity contribution in [2.24, 2.45) is 0 Å². The van der Waals surface area contributed by atoms with Crippen LogP contribution in [0.25, 0.3) is 32.9 Å². The number of fused-ring (bicyclic) bond motifs is 2. The molecule has 3 nitrogen and oxygen atoms in total. The zero-order chi connectivity index (χ0) is 20.2. The Bertz CT molecular complexity index is 1220. The number of aromatic nitrogens is 1. The van der Waals surface area contributed by atoms with Crippen molar-refractivity contribution in [3.8, 4) is 11.3 Å². The molecule has 0 spiro atoms. The zero-order valence-electron chi connectivity index (χ0n) is 17.3. The van der Waals surface area contributed by atoms with Crippen molar-refractivity contribution >= 4 is 34.3 Å². The summed E-state index contributed by atoms with van der Waals surface area (Å²) in [5.41, 5.74) is 3.32. The molecule has 0 aliphatic carbocycles. The van der Waals surface area contributed by atoms with Crippen LogP contribution >= 0.6 is 0 Å². The number of rotatable bonds is 2. The lowest BCUT2D eigenvalue weighted by molar-refractivity contribution is 0.00578. The van der Waals surface area contributed by atoms with Gasteiger partial charge in [0.15, 0.2) is 0 Å². The molecule has 0 bridgehead atoms. The van der Waals surface area contributed by atoms with E-state index in [0.717, 1.165) is 27.6 Å². The Morgan fingerprint density at radius 1 is 0.690 bits per heavy atom. The van der Waals surface area contributed by atoms with Crippen molar-refractivity contribution < 1.29 is 9.31 Å². The van der Waals surface area contributed by atoms with E-state index in [2.05, 4.69) is 100 Å². The highest BCUT2D eigenvalue weighted by atomic mass is 16.7. The predicted octanol–water partition coefficient (Wildman–Crippen LogP) is 5.35. The Hall–Kier alpha value is -2.69. The van der Waals surface area contributed by atoms with Crippen molar-refractivity contribution in [2.45, 2.75) is 38.9 Å². The molecule has 1 saturated heterocycles. The fourth-order valence-corrected chi connectivity index (χ4v) is 3.77. The zero-order valence-corrected chi connectivity index (χ0v) is 17.3. The van der Waals surface area contributed by atoms with Crippen molar-refractivity contribution in [3.63, 3.8) is 0 Å². The van der Waals surface area contributed by atoms with Gasteiger partial charge in [0, 0.05) is 10.9 Å². The molecule has 4 heteroatoms. The van der Waals surface area contributed by atoms with E-state index in [1.165, 1.54) is 10.8 Å². The number of hydrogen-bond acceptors (Lipinski definition) is 3. The van der Waals surface area contributed by atoms with Gasteiger partial charge in [0.25, 0.3) is 0 Å². The van der Waals surface area contributed by atoms with Crippen LogP contribution in [0.15, 0.2) is 72.8 Å². The summed E-state index contributed by atoms with van der Waals surface area (Å²) in [7, 11) is -0.379. The van der Waals surface area contributed by atoms with Gasteiger partial charge in [-0.1, -0.05) is 54.6 Å². The first-order chi connectivity index (χ1) is 13.8. The first-order valence-corrected chi connectivity index (χ1v) is 10.1. The van der Waals surface area contributed by atoms with Crippen LogP contribution in [0.3, 0.4) is 0 Å². The molecule has 1 aliphatic heterocycles. The van der Waals surface area contributed by atoms with Gasteiger partial charge in [-0.25, -0.2) is 4.98 Å². The molecule has 3 aromatic carbocycles. The number of nitrogens with zero attached hydrogens (tertiary/aromatic N) is 1. The molecule has 0 radical (unpaired) electrons. The summed E-state index contributed by atoms with van der Waals surface area (Å²) in [4.78, 5) is 4.95. The average molecular weight is 381 g/mol. The first-order valence-electron chi connectivity index (χ1n) is 10.1. The number of pyridine rings is 1. The van der Waals surface area contributed by atoms with Gasteiger partial charge >= 0.3 is 7.12 Å². The van der Waals surface area contributed by atoms with Crippen LogP contribution in [0.2, 0.25) is 0 Å². The Morgan fingerprint density at radius 2 is 1.34 bits per heavy atom. The van der Waals surface area contributed by atoms with E-state index in [4.69, 9.17) is 14.3 Å². The van der Waals surface area contributed by atoms with Gasteiger partial charge in [-0.05, 0) is 62.1 Å². The fraction of sp³-hybridized carbons (Fsp3) is 0.240. The molecule has 0 unspecified atom stereocenters. The van der Waals surface area contributed by atoms with E-state index < -0.39 is 0 Å². The van der Waals surface area contributed by atoms with Gasteiger partial charge in [-0.15, -0.1) is 0 Å². The van der Waals surface area contributed by atoms with Gasteiger partial charge in [0.2, 0.25) is 0 Å². The Labute approximate surface area is 171 Å². The molecule has 0 amide bonds. The largest absolute Gasteiger partial charge is 0.494 e. The predicted molar refractivity (Wildman–Crippen MR) is 120 cm³/mol. The van der Waals surface area contributed by atoms with E-state index in [0.29, 0.717) is 0 Å². The molecule has 0 atom stereocenters. The van der Waals surface area contributed by atoms with E-state index >= 15 is 0 Å². The van der Waals surface area contributed by atoms with Crippen molar-refractivity contribution in [3.05, 3.63) is 72.8 Å². The molecule has 5 rings (SSSR count). The molecular weight excluding hydrogens is 357 g/mol. The SMILES string of the molecule is CC1(C)OB(c2ccc3ccc(-c4ccc5ccccc5c4)nc3c2)OC1(C)C. The standard InChI is InChI=1S/C25H24BNO2/c1-24(2)25(3,4)29-26(28-24)21-13-11-18-12-14-22(27-23(18)16-21)20-10-9-17-7-5-6-8-19(17)15-20/h5-16H,1-4H3. The second kappa shape index (κ2) is 6.41. The lowest BCUT2D eigenvalue weighted by Gasteiger charge is -2.32. The van der Waals surface area contributed by atoms with Gasteiger partial charge in [-0.2, -0.15) is 0 Å². The van der Waals surface area contributed by atoms with Crippen molar-refractivity contribution in [1.82, 2.24) is 4.98 Å². The number of hydrogen-bond donors (Lipinski definition) is 0. The van der Waals surface area contributed by atoms with Gasteiger partial charge in [-0.3, -0.25) is 0 Å². The molecule has 29 heavy (non-hydrogen) atoms. The van der Waals surface area contributed by atoms with E-state index in [1.807, 2.05) is 0 Å². The molecule has 0 saturated carbocycles. The minimum absolute atomic E-state index is 0.354. The maximum atomic E-state index is 6.21. The molecular formula is C25H24BNO2. The van der Waals surface area contributed by atoms with Crippen LogP contribution in [0.1, 0.15) is 27.7 Å². The van der Waals surface area contributed by atoms with Gasteiger partial charge in [0.05, 0.1) is 22.4 Å². The number of benzene rings is 3. The lowest BCUT2D eigenvalue weighted by atomic mass is 9.78. The van der Waals surface area contributed by atoms with E-state index in [9.17, 15) is 0 Å². The van der Waals surface area contributed by atoms with Gasteiger partial charge in [0.1, 0.15) is 0 Å². The average Bonchev–Trinajstić information content (AvgIpc) is 2.94. The third-order valence-electron chi connectivity index (χ3n) is 6.29. The molecule has 1 aliphatic rings. The lowest BCUT2D eigenvalue weighted by Crippen LogP contribution is -2.41. The van der Waals surface area contributed by atoms with Crippen LogP contribution in [0.5, 0.6) is 0 Å². The topological polar surface area (TPSA) is 31.4 Å². The van der Waals surface area contributed by atoms with Crippen LogP contribution in [-0.2, 0) is 9.31 Å². The summed E-state index contributed by atoms with van der Waals surface area (Å²) in [6, 6.07) is 25.3. The van der Waals surface area contributed by atoms with Crippen LogP contribution in [-0.4, -0.2) is 23.3 Å². The highest BCUT2D eigenvalue weighted by molar-refractivity contribution is 6.62. The summed E-state index contributed by atoms with van der Waals surface area (Å²) in [6.07, 6.45) is 0. The van der Waals surface area contributed by atoms with Gasteiger partial charge < -0.3 is 9.31 Å². The summed E-state index contributed by atoms with van der Waals surface area (Å²) < 4.78 is 12.4. The highest BCUT2D eigenvalue weighted by Gasteiger charge is 2.51. The molecule has 144 valence electrons. The normalized spacial score (nSPS) is 17.9. The van der Waals surface area contributed by atoms with Crippen molar-refractivity contribution in [1.29, 1.82) is 0 Å². The van der Waals surface area contributed by atoms with Crippen LogP contribution in [0.4, 0.5) is 0 Å². The maximum Gasteiger partial charge on any atom is 0.494 e. The monoisotopic (exact) mass is 381 g/mol. The minimum atomic E-state index is -0.379. The smallest absolute Gasteiger partial charge is 0.399 e. The molecule has 1 aromatic heterocycles. The minimum Gasteiger partial charge on any atom is -0.399 e. The summed E-state index contributed by atoms with van der Waals surface area (Å²) in [6.45, 7) is 8.29. The summed E-state index contributed by atoms with van der Waals surface area (Å²) >= 11 is 0. The van der Waals surface area contributed by atoms with E-state index in [-0.39, 0.29) is 18.3 Å². The van der Waals surface area contributed by atoms with E-state index in [1.54, 1.807) is 0 Å². The molecule has 1 fully saturated rings. The Kier molecular flexibility index (Phi) is 4.06. The third-order valence-corrected chi connectivity index (χ3v) is 6.29. The second-order valence-corrected chi connectivity index (χ2v) is 8.80. The molecule has 4 aromatic rings. The highest BCUT2D eigenvalue weighted by Crippen LogP contribution is 2.36.